The summed E-state index contributed by atoms with van der Waals surface area (Å²) in [5, 5.41) is 14.1. The summed E-state index contributed by atoms with van der Waals surface area (Å²) in [6.45, 7) is 8.03. The van der Waals surface area contributed by atoms with Gasteiger partial charge in [0, 0.05) is 39.1 Å². The summed E-state index contributed by atoms with van der Waals surface area (Å²) < 4.78 is 10.5. The monoisotopic (exact) mass is 527 g/mol. The number of ether oxygens (including phenoxy) is 2. The van der Waals surface area contributed by atoms with Crippen molar-refractivity contribution < 1.29 is 19.4 Å². The number of nitrogens with zero attached hydrogens (tertiary/aromatic N) is 4. The van der Waals surface area contributed by atoms with Crippen molar-refractivity contribution in [3.05, 3.63) is 71.1 Å². The maximum atomic E-state index is 13.0. The topological polar surface area (TPSA) is 99.0 Å². The van der Waals surface area contributed by atoms with Gasteiger partial charge in [-0.1, -0.05) is 36.5 Å². The molecule has 1 saturated heterocycles. The number of allylic oxidation sites excluding steroid dienone is 3. The molecule has 9 nitrogen and oxygen atoms in total. The van der Waals surface area contributed by atoms with Gasteiger partial charge in [-0.3, -0.25) is 14.8 Å². The van der Waals surface area contributed by atoms with Crippen molar-refractivity contribution in [2.24, 2.45) is 9.98 Å². The molecular weight excluding hydrogens is 494 g/mol. The highest BCUT2D eigenvalue weighted by Crippen LogP contribution is 2.22. The molecule has 0 aromatic heterocycles. The maximum absolute atomic E-state index is 13.0. The highest BCUT2D eigenvalue weighted by Gasteiger charge is 2.28. The van der Waals surface area contributed by atoms with E-state index >= 15 is 0 Å². The van der Waals surface area contributed by atoms with E-state index in [0.717, 1.165) is 22.8 Å². The van der Waals surface area contributed by atoms with E-state index in [0.29, 0.717) is 57.9 Å². The van der Waals surface area contributed by atoms with Crippen molar-refractivity contribution >= 4 is 30.1 Å². The smallest absolute Gasteiger partial charge is 0.256 e. The Morgan fingerprint density at radius 3 is 2.81 bits per heavy atom. The second kappa shape index (κ2) is 13.5. The number of amides is 1. The average molecular weight is 528 g/mol. The van der Waals surface area contributed by atoms with E-state index in [1.54, 1.807) is 23.1 Å². The average Bonchev–Trinajstić information content (AvgIpc) is 3.07. The van der Waals surface area contributed by atoms with Crippen LogP contribution in [-0.2, 0) is 14.3 Å². The Labute approximate surface area is 222 Å². The van der Waals surface area contributed by atoms with Crippen LogP contribution in [0.3, 0.4) is 0 Å². The molecule has 0 aromatic rings. The van der Waals surface area contributed by atoms with Crippen LogP contribution < -0.4 is 5.32 Å². The molecule has 1 aliphatic carbocycles. The van der Waals surface area contributed by atoms with E-state index in [9.17, 15) is 9.90 Å². The third kappa shape index (κ3) is 7.52. The van der Waals surface area contributed by atoms with Gasteiger partial charge >= 0.3 is 0 Å². The Bertz CT molecular complexity index is 1070. The molecular formula is C27H34ClN5O4. The summed E-state index contributed by atoms with van der Waals surface area (Å²) in [6.07, 6.45) is 14.8. The van der Waals surface area contributed by atoms with Crippen molar-refractivity contribution in [2.45, 2.75) is 17.9 Å². The molecule has 0 bridgehead atoms. The van der Waals surface area contributed by atoms with E-state index in [2.05, 4.69) is 34.1 Å². The maximum Gasteiger partial charge on any atom is 0.256 e. The third-order valence-electron chi connectivity index (χ3n) is 6.49. The molecule has 0 radical (unpaired) electrons. The third-order valence-corrected chi connectivity index (χ3v) is 6.79. The molecule has 10 heteroatoms. The summed E-state index contributed by atoms with van der Waals surface area (Å²) in [7, 11) is 0. The zero-order valence-corrected chi connectivity index (χ0v) is 21.6. The van der Waals surface area contributed by atoms with Gasteiger partial charge in [-0.2, -0.15) is 0 Å². The lowest BCUT2D eigenvalue weighted by Gasteiger charge is -2.36. The summed E-state index contributed by atoms with van der Waals surface area (Å²) in [5.41, 5.74) is 3.46. The number of amidine groups is 1. The van der Waals surface area contributed by atoms with Gasteiger partial charge in [0.1, 0.15) is 12.6 Å². The van der Waals surface area contributed by atoms with Gasteiger partial charge in [0.2, 0.25) is 0 Å². The molecule has 4 rings (SSSR count). The number of aliphatic hydroxyl groups is 1. The van der Waals surface area contributed by atoms with Crippen molar-refractivity contribution in [3.8, 4) is 0 Å². The van der Waals surface area contributed by atoms with E-state index in [1.807, 2.05) is 18.2 Å². The predicted molar refractivity (Wildman–Crippen MR) is 146 cm³/mol. The number of carbonyl (C=O) groups is 1. The number of nitrogens with one attached hydrogen (secondary N) is 1. The zero-order valence-electron chi connectivity index (χ0n) is 20.9. The number of carbonyl (C=O) groups excluding carboxylic acids is 1. The number of hydrogen-bond donors (Lipinski definition) is 2. The SMILES string of the molecule is C=NC1=C(NCC2=CCN=C(N3CCN(C(=O)C(O)C4=C/COCOC/C=C\4)CC3)C=C2)C=CC(Cl)C1. The molecule has 3 aliphatic heterocycles. The molecule has 2 unspecified atom stereocenters. The molecule has 3 heterocycles. The summed E-state index contributed by atoms with van der Waals surface area (Å²) in [5.74, 6) is 0.595. The fraction of sp³-hybridized carbons (Fsp3) is 0.444. The summed E-state index contributed by atoms with van der Waals surface area (Å²) >= 11 is 6.18. The van der Waals surface area contributed by atoms with Crippen LogP contribution in [0.4, 0.5) is 0 Å². The van der Waals surface area contributed by atoms with E-state index in [4.69, 9.17) is 26.1 Å². The minimum Gasteiger partial charge on any atom is -0.380 e. The second-order valence-electron chi connectivity index (χ2n) is 8.94. The lowest BCUT2D eigenvalue weighted by atomic mass is 10.1. The first-order chi connectivity index (χ1) is 18.0. The van der Waals surface area contributed by atoms with Crippen LogP contribution in [0.5, 0.6) is 0 Å². The van der Waals surface area contributed by atoms with E-state index < -0.39 is 6.10 Å². The Balaban J connectivity index is 1.27. The Morgan fingerprint density at radius 1 is 1.19 bits per heavy atom. The Kier molecular flexibility index (Phi) is 9.90. The molecule has 37 heavy (non-hydrogen) atoms. The van der Waals surface area contributed by atoms with Crippen LogP contribution in [0.15, 0.2) is 81.1 Å². The standard InChI is InChI=1S/C27H34ClN5O4/c1-29-24-17-22(28)5-6-23(24)31-18-20-4-7-25(30-10-8-20)32-11-13-33(14-12-32)27(35)26(34)21-3-2-15-36-19-37-16-9-21/h2-9,22,26,31,34H,1,10-19H2/b3-2-,21-9+. The van der Waals surface area contributed by atoms with Crippen molar-refractivity contribution in [2.75, 3.05) is 59.3 Å². The molecule has 198 valence electrons. The lowest BCUT2D eigenvalue weighted by Crippen LogP contribution is -2.52. The molecule has 1 fully saturated rings. The summed E-state index contributed by atoms with van der Waals surface area (Å²) in [4.78, 5) is 25.7. The van der Waals surface area contributed by atoms with E-state index in [-0.39, 0.29) is 24.7 Å². The highest BCUT2D eigenvalue weighted by atomic mass is 35.5. The second-order valence-corrected chi connectivity index (χ2v) is 9.50. The number of rotatable bonds is 6. The van der Waals surface area contributed by atoms with E-state index in [1.165, 1.54) is 0 Å². The number of aliphatic hydroxyl groups excluding tert-OH is 1. The Morgan fingerprint density at radius 2 is 2.00 bits per heavy atom. The van der Waals surface area contributed by atoms with Gasteiger partial charge in [-0.25, -0.2) is 0 Å². The first kappa shape index (κ1) is 27.1. The number of piperazine rings is 1. The van der Waals surface area contributed by atoms with Crippen molar-refractivity contribution in [1.82, 2.24) is 15.1 Å². The Hall–Kier alpha value is -2.98. The lowest BCUT2D eigenvalue weighted by molar-refractivity contribution is -0.139. The largest absolute Gasteiger partial charge is 0.380 e. The molecule has 1 amide bonds. The quantitative estimate of drug-likeness (QED) is 0.404. The fourth-order valence-corrected chi connectivity index (χ4v) is 4.59. The fourth-order valence-electron chi connectivity index (χ4n) is 4.37. The van der Waals surface area contributed by atoms with Gasteiger partial charge in [-0.15, -0.1) is 11.6 Å². The minimum absolute atomic E-state index is 0.0531. The van der Waals surface area contributed by atoms with Crippen molar-refractivity contribution in [3.63, 3.8) is 0 Å². The summed E-state index contributed by atoms with van der Waals surface area (Å²) in [6, 6.07) is 0. The first-order valence-electron chi connectivity index (χ1n) is 12.5. The van der Waals surface area contributed by atoms with Gasteiger partial charge in [0.25, 0.3) is 5.91 Å². The van der Waals surface area contributed by atoms with Crippen LogP contribution in [0.1, 0.15) is 6.42 Å². The number of aliphatic imine (C=N–C) groups is 2. The van der Waals surface area contributed by atoms with Crippen LogP contribution in [0, 0.1) is 0 Å². The predicted octanol–water partition coefficient (Wildman–Crippen LogP) is 1.94. The van der Waals surface area contributed by atoms with Gasteiger partial charge < -0.3 is 29.7 Å². The molecule has 0 aromatic carbocycles. The zero-order chi connectivity index (χ0) is 26.0. The van der Waals surface area contributed by atoms with Crippen LogP contribution >= 0.6 is 11.6 Å². The number of hydrogen-bond acceptors (Lipinski definition) is 8. The van der Waals surface area contributed by atoms with Crippen LogP contribution in [-0.4, -0.2) is 104 Å². The van der Waals surface area contributed by atoms with Gasteiger partial charge in [0.15, 0.2) is 6.10 Å². The van der Waals surface area contributed by atoms with Crippen LogP contribution in [0.25, 0.3) is 0 Å². The molecule has 2 atom stereocenters. The normalized spacial score (nSPS) is 26.0. The highest BCUT2D eigenvalue weighted by molar-refractivity contribution is 6.22. The number of halogens is 1. The molecule has 4 aliphatic rings. The van der Waals surface area contributed by atoms with Gasteiger partial charge in [0.05, 0.1) is 36.5 Å². The number of alkyl halides is 1. The molecule has 2 N–H and O–H groups in total. The minimum atomic E-state index is -1.22. The van der Waals surface area contributed by atoms with Crippen LogP contribution in [0.2, 0.25) is 0 Å². The molecule has 0 saturated carbocycles. The van der Waals surface area contributed by atoms with Crippen molar-refractivity contribution in [1.29, 1.82) is 0 Å². The molecule has 0 spiro atoms. The first-order valence-corrected chi connectivity index (χ1v) is 12.9. The van der Waals surface area contributed by atoms with Gasteiger partial charge in [-0.05, 0) is 30.0 Å².